The van der Waals surface area contributed by atoms with Gasteiger partial charge in [0.25, 0.3) is 0 Å². The van der Waals surface area contributed by atoms with Crippen molar-refractivity contribution in [2.24, 2.45) is 5.73 Å². The fraction of sp³-hybridized carbons (Fsp3) is 0.562. The van der Waals surface area contributed by atoms with E-state index in [-0.39, 0.29) is 30.3 Å². The predicted molar refractivity (Wildman–Crippen MR) is 85.1 cm³/mol. The van der Waals surface area contributed by atoms with Gasteiger partial charge in [0.2, 0.25) is 5.91 Å². The first-order valence-electron chi connectivity index (χ1n) is 7.18. The molecule has 1 aromatic rings. The molecule has 1 aliphatic rings. The first kappa shape index (κ1) is 17.0. The molecule has 2 rings (SSSR count). The van der Waals surface area contributed by atoms with Gasteiger partial charge in [0, 0.05) is 12.0 Å². The number of benzene rings is 1. The molecule has 1 aromatic carbocycles. The number of nitrogens with two attached hydrogens (primary N) is 1. The van der Waals surface area contributed by atoms with E-state index in [4.69, 9.17) is 5.73 Å². The van der Waals surface area contributed by atoms with Gasteiger partial charge < -0.3 is 11.1 Å². The molecule has 1 amide bonds. The lowest BCUT2D eigenvalue weighted by molar-refractivity contribution is -0.126. The zero-order valence-corrected chi connectivity index (χ0v) is 13.1. The monoisotopic (exact) mass is 296 g/mol. The van der Waals surface area contributed by atoms with Crippen LogP contribution in [0.4, 0.5) is 0 Å². The highest BCUT2D eigenvalue weighted by atomic mass is 35.5. The SMILES string of the molecule is CC(NC(=O)C1(N)CCCC1)C(C)c1ccccc1.Cl. The summed E-state index contributed by atoms with van der Waals surface area (Å²) in [6.07, 6.45) is 3.75. The fourth-order valence-electron chi connectivity index (χ4n) is 2.75. The van der Waals surface area contributed by atoms with E-state index in [2.05, 4.69) is 24.4 Å². The molecule has 0 aromatic heterocycles. The van der Waals surface area contributed by atoms with Crippen LogP contribution >= 0.6 is 12.4 Å². The summed E-state index contributed by atoms with van der Waals surface area (Å²) in [5.74, 6) is 0.301. The molecule has 0 saturated heterocycles. The van der Waals surface area contributed by atoms with Crippen LogP contribution in [0.1, 0.15) is 51.0 Å². The third-order valence-electron chi connectivity index (χ3n) is 4.38. The summed E-state index contributed by atoms with van der Waals surface area (Å²) < 4.78 is 0. The second-order valence-electron chi connectivity index (χ2n) is 5.82. The molecule has 3 N–H and O–H groups in total. The third-order valence-corrected chi connectivity index (χ3v) is 4.38. The standard InChI is InChI=1S/C16H24N2O.ClH/c1-12(14-8-4-3-5-9-14)13(2)18-15(19)16(17)10-6-7-11-16;/h3-5,8-9,12-13H,6-7,10-11,17H2,1-2H3,(H,18,19);1H. The number of nitrogens with one attached hydrogen (secondary N) is 1. The molecule has 2 atom stereocenters. The Hall–Kier alpha value is -1.06. The summed E-state index contributed by atoms with van der Waals surface area (Å²) in [6.45, 7) is 4.19. The van der Waals surface area contributed by atoms with Crippen molar-refractivity contribution in [2.45, 2.75) is 57.0 Å². The second-order valence-corrected chi connectivity index (χ2v) is 5.82. The lowest BCUT2D eigenvalue weighted by atomic mass is 9.92. The first-order valence-corrected chi connectivity index (χ1v) is 7.18. The van der Waals surface area contributed by atoms with Crippen molar-refractivity contribution in [3.8, 4) is 0 Å². The zero-order valence-electron chi connectivity index (χ0n) is 12.3. The number of carbonyl (C=O) groups excluding carboxylic acids is 1. The highest BCUT2D eigenvalue weighted by molar-refractivity contribution is 5.86. The van der Waals surface area contributed by atoms with Crippen molar-refractivity contribution >= 4 is 18.3 Å². The molecular weight excluding hydrogens is 272 g/mol. The van der Waals surface area contributed by atoms with Crippen LogP contribution in [0.25, 0.3) is 0 Å². The maximum absolute atomic E-state index is 12.3. The second kappa shape index (κ2) is 7.09. The minimum absolute atomic E-state index is 0. The Morgan fingerprint density at radius 2 is 1.75 bits per heavy atom. The minimum atomic E-state index is -0.634. The number of halogens is 1. The average Bonchev–Trinajstić information content (AvgIpc) is 2.87. The molecule has 4 heteroatoms. The summed E-state index contributed by atoms with van der Waals surface area (Å²) in [7, 11) is 0. The van der Waals surface area contributed by atoms with E-state index in [1.165, 1.54) is 5.56 Å². The van der Waals surface area contributed by atoms with E-state index < -0.39 is 5.54 Å². The lowest BCUT2D eigenvalue weighted by Crippen LogP contribution is -2.54. The maximum Gasteiger partial charge on any atom is 0.240 e. The van der Waals surface area contributed by atoms with Crippen LogP contribution < -0.4 is 11.1 Å². The van der Waals surface area contributed by atoms with Crippen LogP contribution in [-0.2, 0) is 4.79 Å². The van der Waals surface area contributed by atoms with Crippen LogP contribution in [0.3, 0.4) is 0 Å². The molecule has 0 bridgehead atoms. The number of carbonyl (C=O) groups is 1. The molecule has 0 aliphatic heterocycles. The highest BCUT2D eigenvalue weighted by Gasteiger charge is 2.37. The Balaban J connectivity index is 0.00000200. The van der Waals surface area contributed by atoms with Gasteiger partial charge in [-0.05, 0) is 25.3 Å². The van der Waals surface area contributed by atoms with E-state index in [1.807, 2.05) is 25.1 Å². The van der Waals surface area contributed by atoms with Gasteiger partial charge in [-0.1, -0.05) is 50.1 Å². The van der Waals surface area contributed by atoms with Gasteiger partial charge in [-0.3, -0.25) is 4.79 Å². The van der Waals surface area contributed by atoms with Crippen molar-refractivity contribution in [3.63, 3.8) is 0 Å². The summed E-state index contributed by atoms with van der Waals surface area (Å²) >= 11 is 0. The van der Waals surface area contributed by atoms with E-state index in [0.717, 1.165) is 25.7 Å². The van der Waals surface area contributed by atoms with E-state index in [0.29, 0.717) is 0 Å². The minimum Gasteiger partial charge on any atom is -0.351 e. The van der Waals surface area contributed by atoms with Gasteiger partial charge in [0.1, 0.15) is 0 Å². The zero-order chi connectivity index (χ0) is 13.9. The molecule has 1 saturated carbocycles. The fourth-order valence-corrected chi connectivity index (χ4v) is 2.75. The van der Waals surface area contributed by atoms with E-state index in [1.54, 1.807) is 0 Å². The quantitative estimate of drug-likeness (QED) is 0.897. The first-order chi connectivity index (χ1) is 9.03. The van der Waals surface area contributed by atoms with Crippen LogP contribution in [0.15, 0.2) is 30.3 Å². The van der Waals surface area contributed by atoms with Crippen LogP contribution in [0.5, 0.6) is 0 Å². The molecule has 1 aliphatic carbocycles. The Kier molecular flexibility index (Phi) is 6.03. The average molecular weight is 297 g/mol. The Morgan fingerprint density at radius 3 is 2.30 bits per heavy atom. The van der Waals surface area contributed by atoms with Crippen LogP contribution in [-0.4, -0.2) is 17.5 Å². The van der Waals surface area contributed by atoms with Gasteiger partial charge in [0.05, 0.1) is 5.54 Å². The Morgan fingerprint density at radius 1 is 1.20 bits per heavy atom. The Labute approximate surface area is 127 Å². The summed E-state index contributed by atoms with van der Waals surface area (Å²) in [6, 6.07) is 10.4. The van der Waals surface area contributed by atoms with Crippen LogP contribution in [0, 0.1) is 0 Å². The summed E-state index contributed by atoms with van der Waals surface area (Å²) in [5.41, 5.74) is 6.79. The van der Waals surface area contributed by atoms with Crippen molar-refractivity contribution in [2.75, 3.05) is 0 Å². The molecule has 0 radical (unpaired) electrons. The molecule has 1 fully saturated rings. The molecule has 0 heterocycles. The van der Waals surface area contributed by atoms with E-state index in [9.17, 15) is 4.79 Å². The lowest BCUT2D eigenvalue weighted by Gasteiger charge is -2.28. The van der Waals surface area contributed by atoms with Gasteiger partial charge >= 0.3 is 0 Å². The van der Waals surface area contributed by atoms with Crippen molar-refractivity contribution in [3.05, 3.63) is 35.9 Å². The van der Waals surface area contributed by atoms with Gasteiger partial charge in [-0.2, -0.15) is 0 Å². The van der Waals surface area contributed by atoms with Gasteiger partial charge in [-0.15, -0.1) is 12.4 Å². The summed E-state index contributed by atoms with van der Waals surface area (Å²) in [4.78, 5) is 12.3. The molecule has 0 spiro atoms. The predicted octanol–water partition coefficient (Wildman–Crippen LogP) is 2.99. The highest BCUT2D eigenvalue weighted by Crippen LogP contribution is 2.28. The van der Waals surface area contributed by atoms with Crippen LogP contribution in [0.2, 0.25) is 0 Å². The summed E-state index contributed by atoms with van der Waals surface area (Å²) in [5, 5.41) is 3.10. The third kappa shape index (κ3) is 3.74. The number of hydrogen-bond acceptors (Lipinski definition) is 2. The van der Waals surface area contributed by atoms with E-state index >= 15 is 0 Å². The number of rotatable bonds is 4. The van der Waals surface area contributed by atoms with Crippen molar-refractivity contribution in [1.82, 2.24) is 5.32 Å². The normalized spacial score (nSPS) is 19.8. The van der Waals surface area contributed by atoms with Crippen molar-refractivity contribution < 1.29 is 4.79 Å². The molecule has 20 heavy (non-hydrogen) atoms. The maximum atomic E-state index is 12.3. The molecule has 2 unspecified atom stereocenters. The number of hydrogen-bond donors (Lipinski definition) is 2. The van der Waals surface area contributed by atoms with Gasteiger partial charge in [0.15, 0.2) is 0 Å². The largest absolute Gasteiger partial charge is 0.351 e. The Bertz CT molecular complexity index is 429. The van der Waals surface area contributed by atoms with Gasteiger partial charge in [-0.25, -0.2) is 0 Å². The molecular formula is C16H25ClN2O. The number of amides is 1. The molecule has 3 nitrogen and oxygen atoms in total. The van der Waals surface area contributed by atoms with Crippen molar-refractivity contribution in [1.29, 1.82) is 0 Å². The smallest absolute Gasteiger partial charge is 0.240 e. The topological polar surface area (TPSA) is 55.1 Å². The molecule has 112 valence electrons.